The molecule has 0 fully saturated rings. The topological polar surface area (TPSA) is 24.6 Å². The van der Waals surface area contributed by atoms with Crippen LogP contribution in [0, 0.1) is 0 Å². The Kier molecular flexibility index (Phi) is 9.56. The lowest BCUT2D eigenvalue weighted by molar-refractivity contribution is 0.403. The smallest absolute Gasteiger partial charge is 0.252 e. The SMILES string of the molecule is CC1(C)CC(C)(C)c2cc(-c3ccc(N4c5ccc(-c6ccccc6)cc5B5c6cc(-c7ccccc7)ccc6N(c6ccc7c(c6)oc6ccccc67)c6cc(-n7c8ccccc8c8ccccc87)cc4c65)cc3)ccc21. The van der Waals surface area contributed by atoms with Crippen molar-refractivity contribution in [2.75, 3.05) is 9.80 Å². The molecule has 5 heteroatoms. The Hall–Kier alpha value is -9.32. The van der Waals surface area contributed by atoms with Gasteiger partial charge in [-0.2, -0.15) is 0 Å². The van der Waals surface area contributed by atoms with E-state index in [1.807, 2.05) is 0 Å². The van der Waals surface area contributed by atoms with Crippen molar-refractivity contribution in [2.24, 2.45) is 0 Å². The first-order chi connectivity index (χ1) is 38.1. The van der Waals surface area contributed by atoms with Crippen LogP contribution in [0.5, 0.6) is 0 Å². The number of benzene rings is 11. The van der Waals surface area contributed by atoms with E-state index < -0.39 is 0 Å². The van der Waals surface area contributed by atoms with E-state index in [0.29, 0.717) is 0 Å². The van der Waals surface area contributed by atoms with Gasteiger partial charge in [0.05, 0.1) is 16.7 Å². The average Bonchev–Trinajstić information content (AvgIpc) is 4.01. The Morgan fingerprint density at radius 1 is 0.346 bits per heavy atom. The maximum atomic E-state index is 6.71. The number of nitrogens with zero attached hydrogens (tertiary/aromatic N) is 3. The molecule has 0 N–H and O–H groups in total. The Labute approximate surface area is 455 Å². The maximum Gasteiger partial charge on any atom is 0.252 e. The van der Waals surface area contributed by atoms with E-state index in [2.05, 4.69) is 285 Å². The van der Waals surface area contributed by atoms with Crippen LogP contribution in [0.1, 0.15) is 45.2 Å². The molecule has 3 aliphatic rings. The summed E-state index contributed by atoms with van der Waals surface area (Å²) in [5, 5.41) is 4.68. The fraction of sp³-hybridized carbons (Fsp3) is 0.0959. The fourth-order valence-electron chi connectivity index (χ4n) is 14.3. The predicted molar refractivity (Wildman–Crippen MR) is 329 cm³/mol. The summed E-state index contributed by atoms with van der Waals surface area (Å²) in [5.74, 6) is 0. The summed E-state index contributed by atoms with van der Waals surface area (Å²) in [4.78, 5) is 5.08. The molecule has 0 atom stereocenters. The molecule has 0 amide bonds. The van der Waals surface area contributed by atoms with Crippen LogP contribution in [-0.4, -0.2) is 11.3 Å². The van der Waals surface area contributed by atoms with E-state index in [9.17, 15) is 0 Å². The van der Waals surface area contributed by atoms with Crippen molar-refractivity contribution in [2.45, 2.75) is 44.9 Å². The Balaban J connectivity index is 0.994. The quantitative estimate of drug-likeness (QED) is 0.155. The van der Waals surface area contributed by atoms with Gasteiger partial charge in [-0.25, -0.2) is 0 Å². The minimum Gasteiger partial charge on any atom is -0.456 e. The molecule has 4 heterocycles. The van der Waals surface area contributed by atoms with Crippen LogP contribution in [0.25, 0.3) is 82.8 Å². The highest BCUT2D eigenvalue weighted by Crippen LogP contribution is 2.52. The van der Waals surface area contributed by atoms with Gasteiger partial charge in [0, 0.05) is 61.7 Å². The molecule has 16 rings (SSSR count). The van der Waals surface area contributed by atoms with Gasteiger partial charge in [0.25, 0.3) is 6.71 Å². The molecule has 11 aromatic carbocycles. The molecule has 4 nitrogen and oxygen atoms in total. The molecule has 0 saturated heterocycles. The van der Waals surface area contributed by atoms with Crippen LogP contribution >= 0.6 is 0 Å². The van der Waals surface area contributed by atoms with E-state index in [4.69, 9.17) is 4.42 Å². The standard InChI is InChI=1S/C73H54BN3O/c1-72(2)45-73(3,4)60-39-49(29-36-59(60)72)48-27-32-52(33-28-48)75-65-37-30-50(46-17-7-5-8-18-46)40-61(65)74-62-41-51(47-19-9-6-10-20-47)31-38-66(62)76(53-34-35-58-57-23-13-16-26-69(57)78-70(58)44-53)68-43-54(42-67(75)71(68)74)77-63-24-14-11-21-55(63)56-22-12-15-25-64(56)77/h5-44H,45H2,1-4H3. The van der Waals surface area contributed by atoms with Crippen molar-refractivity contribution in [3.8, 4) is 39.1 Å². The van der Waals surface area contributed by atoms with Gasteiger partial charge < -0.3 is 18.8 Å². The van der Waals surface area contributed by atoms with E-state index in [1.54, 1.807) is 0 Å². The normalized spacial score (nSPS) is 14.7. The monoisotopic (exact) mass is 999 g/mol. The van der Waals surface area contributed by atoms with Gasteiger partial charge in [-0.1, -0.05) is 198 Å². The van der Waals surface area contributed by atoms with Crippen LogP contribution in [0.4, 0.5) is 34.1 Å². The minimum atomic E-state index is -0.125. The molecule has 0 saturated carbocycles. The molecule has 0 radical (unpaired) electrons. The summed E-state index contributed by atoms with van der Waals surface area (Å²) in [5.41, 5.74) is 26.1. The van der Waals surface area contributed by atoms with Crippen molar-refractivity contribution in [1.29, 1.82) is 0 Å². The highest BCUT2D eigenvalue weighted by Gasteiger charge is 2.45. The van der Waals surface area contributed by atoms with Crippen LogP contribution in [0.2, 0.25) is 0 Å². The second kappa shape index (κ2) is 16.6. The number of rotatable bonds is 6. The summed E-state index contributed by atoms with van der Waals surface area (Å²) in [7, 11) is 0. The number of fused-ring (bicyclic) bond motifs is 11. The lowest BCUT2D eigenvalue weighted by atomic mass is 9.33. The van der Waals surface area contributed by atoms with Gasteiger partial charge in [-0.3, -0.25) is 0 Å². The zero-order valence-corrected chi connectivity index (χ0v) is 44.1. The fourth-order valence-corrected chi connectivity index (χ4v) is 14.3. The lowest BCUT2D eigenvalue weighted by Gasteiger charge is -2.44. The molecule has 2 aliphatic heterocycles. The third-order valence-corrected chi connectivity index (χ3v) is 17.5. The van der Waals surface area contributed by atoms with E-state index >= 15 is 0 Å². The highest BCUT2D eigenvalue weighted by molar-refractivity contribution is 7.00. The molecule has 2 aromatic heterocycles. The van der Waals surface area contributed by atoms with Crippen molar-refractivity contribution in [3.63, 3.8) is 0 Å². The van der Waals surface area contributed by atoms with E-state index in [1.165, 1.54) is 88.4 Å². The Bertz CT molecular complexity index is 4550. The molecular formula is C73H54BN3O. The summed E-state index contributed by atoms with van der Waals surface area (Å²) in [6.07, 6.45) is 1.14. The first-order valence-electron chi connectivity index (χ1n) is 27.5. The number of furan rings is 1. The lowest BCUT2D eigenvalue weighted by Crippen LogP contribution is -2.61. The number of anilines is 6. The van der Waals surface area contributed by atoms with E-state index in [-0.39, 0.29) is 17.5 Å². The second-order valence-corrected chi connectivity index (χ2v) is 23.2. The molecular weight excluding hydrogens is 946 g/mol. The van der Waals surface area contributed by atoms with Crippen LogP contribution in [0.3, 0.4) is 0 Å². The Morgan fingerprint density at radius 2 is 0.821 bits per heavy atom. The first kappa shape index (κ1) is 44.9. The number of hydrogen-bond donors (Lipinski definition) is 0. The third kappa shape index (κ3) is 6.67. The number of hydrogen-bond acceptors (Lipinski definition) is 3. The van der Waals surface area contributed by atoms with Gasteiger partial charge in [0.1, 0.15) is 11.2 Å². The van der Waals surface area contributed by atoms with E-state index in [0.717, 1.165) is 62.5 Å². The average molecular weight is 1000 g/mol. The zero-order chi connectivity index (χ0) is 52.0. The predicted octanol–water partition coefficient (Wildman–Crippen LogP) is 17.7. The van der Waals surface area contributed by atoms with Crippen LogP contribution in [0.15, 0.2) is 247 Å². The summed E-state index contributed by atoms with van der Waals surface area (Å²) < 4.78 is 9.20. The highest BCUT2D eigenvalue weighted by atomic mass is 16.3. The van der Waals surface area contributed by atoms with Crippen molar-refractivity contribution < 1.29 is 4.42 Å². The number of aromatic nitrogens is 1. The second-order valence-electron chi connectivity index (χ2n) is 23.2. The number of para-hydroxylation sites is 3. The molecule has 0 bridgehead atoms. The van der Waals surface area contributed by atoms with Gasteiger partial charge in [0.15, 0.2) is 0 Å². The molecule has 370 valence electrons. The molecule has 78 heavy (non-hydrogen) atoms. The largest absolute Gasteiger partial charge is 0.456 e. The zero-order valence-electron chi connectivity index (χ0n) is 44.1. The van der Waals surface area contributed by atoms with Crippen molar-refractivity contribution in [3.05, 3.63) is 254 Å². The van der Waals surface area contributed by atoms with Gasteiger partial charge in [0.2, 0.25) is 0 Å². The maximum absolute atomic E-state index is 6.71. The third-order valence-electron chi connectivity index (χ3n) is 17.5. The molecule has 0 spiro atoms. The summed E-state index contributed by atoms with van der Waals surface area (Å²) in [6, 6.07) is 90.5. The summed E-state index contributed by atoms with van der Waals surface area (Å²) >= 11 is 0. The van der Waals surface area contributed by atoms with Gasteiger partial charge in [-0.15, -0.1) is 0 Å². The molecule has 0 unspecified atom stereocenters. The minimum absolute atomic E-state index is 0.105. The van der Waals surface area contributed by atoms with Gasteiger partial charge in [-0.05, 0) is 145 Å². The molecule has 1 aliphatic carbocycles. The van der Waals surface area contributed by atoms with Crippen molar-refractivity contribution in [1.82, 2.24) is 4.57 Å². The van der Waals surface area contributed by atoms with Crippen LogP contribution < -0.4 is 26.2 Å². The molecule has 13 aromatic rings. The van der Waals surface area contributed by atoms with Gasteiger partial charge >= 0.3 is 0 Å². The first-order valence-corrected chi connectivity index (χ1v) is 27.5. The Morgan fingerprint density at radius 3 is 1.45 bits per heavy atom. The van der Waals surface area contributed by atoms with Crippen LogP contribution in [-0.2, 0) is 10.8 Å². The van der Waals surface area contributed by atoms with Crippen molar-refractivity contribution >= 4 is 101 Å². The summed E-state index contributed by atoms with van der Waals surface area (Å²) in [6.45, 7) is 9.48.